The van der Waals surface area contributed by atoms with Crippen LogP contribution in [0.4, 0.5) is 9.18 Å². The van der Waals surface area contributed by atoms with Crippen molar-refractivity contribution in [3.8, 4) is 10.4 Å². The summed E-state index contributed by atoms with van der Waals surface area (Å²) >= 11 is 1.25. The van der Waals surface area contributed by atoms with Gasteiger partial charge in [0.1, 0.15) is 5.82 Å². The Kier molecular flexibility index (Phi) is 8.40. The van der Waals surface area contributed by atoms with Crippen LogP contribution in [0.5, 0.6) is 0 Å². The van der Waals surface area contributed by atoms with E-state index in [1.54, 1.807) is 24.3 Å². The number of benzene rings is 1. The Bertz CT molecular complexity index is 894. The van der Waals surface area contributed by atoms with E-state index in [4.69, 9.17) is 0 Å². The molecule has 1 aromatic carbocycles. The molecular weight excluding hydrogens is 419 g/mol. The Morgan fingerprint density at radius 1 is 0.968 bits per heavy atom. The lowest BCUT2D eigenvalue weighted by molar-refractivity contribution is -0.121. The second-order valence-corrected chi connectivity index (χ2v) is 8.60. The van der Waals surface area contributed by atoms with Crippen molar-refractivity contribution in [2.75, 3.05) is 6.54 Å². The van der Waals surface area contributed by atoms with E-state index >= 15 is 0 Å². The van der Waals surface area contributed by atoms with E-state index in [0.717, 1.165) is 36.1 Å². The Labute approximate surface area is 184 Å². The van der Waals surface area contributed by atoms with Gasteiger partial charge in [0.25, 0.3) is 5.91 Å². The molecule has 0 spiro atoms. The Morgan fingerprint density at radius 3 is 2.45 bits per heavy atom. The first-order chi connectivity index (χ1) is 15.0. The monoisotopic (exact) mass is 446 g/mol. The van der Waals surface area contributed by atoms with Crippen LogP contribution in [0.1, 0.15) is 54.6 Å². The van der Waals surface area contributed by atoms with Crippen LogP contribution >= 0.6 is 11.3 Å². The number of thiophene rings is 1. The highest BCUT2D eigenvalue weighted by Crippen LogP contribution is 2.28. The highest BCUT2D eigenvalue weighted by Gasteiger charge is 2.15. The van der Waals surface area contributed by atoms with Gasteiger partial charge in [-0.05, 0) is 49.1 Å². The summed E-state index contributed by atoms with van der Waals surface area (Å²) in [7, 11) is 0. The first-order valence-electron chi connectivity index (χ1n) is 10.5. The molecule has 31 heavy (non-hydrogen) atoms. The van der Waals surface area contributed by atoms with E-state index in [-0.39, 0.29) is 30.2 Å². The van der Waals surface area contributed by atoms with Crippen molar-refractivity contribution in [1.82, 2.24) is 21.5 Å². The summed E-state index contributed by atoms with van der Waals surface area (Å²) in [4.78, 5) is 37.2. The summed E-state index contributed by atoms with van der Waals surface area (Å²) < 4.78 is 13.0. The highest BCUT2D eigenvalue weighted by molar-refractivity contribution is 7.17. The molecule has 1 aromatic heterocycles. The van der Waals surface area contributed by atoms with Gasteiger partial charge in [-0.2, -0.15) is 0 Å². The number of hydrogen-bond acceptors (Lipinski definition) is 4. The minimum absolute atomic E-state index is 0.176. The van der Waals surface area contributed by atoms with Crippen LogP contribution in [0.15, 0.2) is 36.4 Å². The van der Waals surface area contributed by atoms with Crippen LogP contribution in [0, 0.1) is 5.82 Å². The van der Waals surface area contributed by atoms with Crippen LogP contribution in [0.2, 0.25) is 0 Å². The zero-order valence-corrected chi connectivity index (χ0v) is 18.0. The van der Waals surface area contributed by atoms with E-state index in [2.05, 4.69) is 21.5 Å². The molecule has 0 bridgehead atoms. The van der Waals surface area contributed by atoms with Gasteiger partial charge in [-0.3, -0.25) is 20.4 Å². The van der Waals surface area contributed by atoms with Gasteiger partial charge in [0.15, 0.2) is 0 Å². The molecule has 1 aliphatic carbocycles. The molecule has 1 saturated carbocycles. The normalized spacial score (nSPS) is 14.0. The second kappa shape index (κ2) is 11.5. The molecule has 0 aliphatic heterocycles. The zero-order valence-electron chi connectivity index (χ0n) is 17.2. The number of rotatable bonds is 7. The smallest absolute Gasteiger partial charge is 0.315 e. The topological polar surface area (TPSA) is 99.3 Å². The van der Waals surface area contributed by atoms with Crippen molar-refractivity contribution in [1.29, 1.82) is 0 Å². The van der Waals surface area contributed by atoms with Crippen molar-refractivity contribution >= 4 is 29.2 Å². The van der Waals surface area contributed by atoms with E-state index in [9.17, 15) is 18.8 Å². The van der Waals surface area contributed by atoms with Crippen LogP contribution < -0.4 is 21.5 Å². The first-order valence-corrected chi connectivity index (χ1v) is 11.3. The fourth-order valence-electron chi connectivity index (χ4n) is 3.41. The Hall–Kier alpha value is -2.94. The average molecular weight is 447 g/mol. The third-order valence-corrected chi connectivity index (χ3v) is 6.21. The van der Waals surface area contributed by atoms with Crippen molar-refractivity contribution in [3.05, 3.63) is 47.1 Å². The molecule has 0 radical (unpaired) electrons. The number of amides is 4. The molecule has 1 aliphatic rings. The number of nitrogens with one attached hydrogen (secondary N) is 4. The lowest BCUT2D eigenvalue weighted by Gasteiger charge is -2.22. The zero-order chi connectivity index (χ0) is 22.1. The maximum Gasteiger partial charge on any atom is 0.315 e. The number of urea groups is 1. The second-order valence-electron chi connectivity index (χ2n) is 7.51. The number of carbonyl (C=O) groups is 3. The predicted octanol–water partition coefficient (Wildman–Crippen LogP) is 3.73. The molecule has 0 atom stereocenters. The van der Waals surface area contributed by atoms with E-state index in [1.165, 1.54) is 29.9 Å². The summed E-state index contributed by atoms with van der Waals surface area (Å²) in [5.74, 6) is -1.07. The van der Waals surface area contributed by atoms with E-state index < -0.39 is 5.91 Å². The van der Waals surface area contributed by atoms with Crippen LogP contribution in [-0.4, -0.2) is 30.4 Å². The van der Waals surface area contributed by atoms with Crippen molar-refractivity contribution in [2.24, 2.45) is 0 Å². The minimum atomic E-state index is -0.420. The molecule has 0 saturated heterocycles. The quantitative estimate of drug-likeness (QED) is 0.385. The van der Waals surface area contributed by atoms with Gasteiger partial charge in [-0.25, -0.2) is 9.18 Å². The fourth-order valence-corrected chi connectivity index (χ4v) is 4.32. The third-order valence-electron chi connectivity index (χ3n) is 5.08. The largest absolute Gasteiger partial charge is 0.338 e. The third kappa shape index (κ3) is 7.36. The summed E-state index contributed by atoms with van der Waals surface area (Å²) in [6.07, 6.45) is 6.21. The van der Waals surface area contributed by atoms with Crippen LogP contribution in [0.25, 0.3) is 10.4 Å². The molecule has 1 fully saturated rings. The van der Waals surface area contributed by atoms with Gasteiger partial charge < -0.3 is 10.6 Å². The predicted molar refractivity (Wildman–Crippen MR) is 118 cm³/mol. The van der Waals surface area contributed by atoms with Gasteiger partial charge in [0, 0.05) is 23.9 Å². The Morgan fingerprint density at radius 2 is 1.71 bits per heavy atom. The van der Waals surface area contributed by atoms with Gasteiger partial charge in [0.05, 0.1) is 4.88 Å². The number of hydrazine groups is 1. The van der Waals surface area contributed by atoms with Gasteiger partial charge in [-0.15, -0.1) is 11.3 Å². The number of halogens is 1. The van der Waals surface area contributed by atoms with E-state index in [0.29, 0.717) is 17.8 Å². The molecule has 166 valence electrons. The molecule has 3 rings (SSSR count). The Balaban J connectivity index is 1.32. The average Bonchev–Trinajstić information content (AvgIpc) is 3.27. The number of carbonyl (C=O) groups excluding carboxylic acids is 3. The molecule has 4 N–H and O–H groups in total. The maximum atomic E-state index is 13.0. The standard InChI is InChI=1S/C22H27FN4O3S/c23-16-10-8-15(9-11-16)18-12-13-19(31-18)21(29)27-26-20(28)7-4-14-24-22(30)25-17-5-2-1-3-6-17/h8-13,17H,1-7,14H2,(H,26,28)(H,27,29)(H2,24,25,30). The molecule has 0 unspecified atom stereocenters. The molecular formula is C22H27FN4O3S. The van der Waals surface area contributed by atoms with Crippen molar-refractivity contribution in [3.63, 3.8) is 0 Å². The summed E-state index contributed by atoms with van der Waals surface area (Å²) in [5.41, 5.74) is 5.58. The minimum Gasteiger partial charge on any atom is -0.338 e. The highest BCUT2D eigenvalue weighted by atomic mass is 32.1. The summed E-state index contributed by atoms with van der Waals surface area (Å²) in [6, 6.07) is 9.50. The molecule has 1 heterocycles. The van der Waals surface area contributed by atoms with Gasteiger partial charge in [0.2, 0.25) is 5.91 Å². The SMILES string of the molecule is O=C(CCCNC(=O)NC1CCCCC1)NNC(=O)c1ccc(-c2ccc(F)cc2)s1. The van der Waals surface area contributed by atoms with Crippen molar-refractivity contribution in [2.45, 2.75) is 51.0 Å². The first kappa shape index (κ1) is 22.7. The number of hydrogen-bond donors (Lipinski definition) is 4. The molecule has 7 nitrogen and oxygen atoms in total. The van der Waals surface area contributed by atoms with Gasteiger partial charge >= 0.3 is 6.03 Å². The van der Waals surface area contributed by atoms with Gasteiger partial charge in [-0.1, -0.05) is 31.4 Å². The van der Waals surface area contributed by atoms with E-state index in [1.807, 2.05) is 0 Å². The lowest BCUT2D eigenvalue weighted by atomic mass is 9.96. The molecule has 4 amide bonds. The summed E-state index contributed by atoms with van der Waals surface area (Å²) in [5, 5.41) is 5.72. The molecule has 9 heteroatoms. The molecule has 2 aromatic rings. The van der Waals surface area contributed by atoms with Crippen LogP contribution in [0.3, 0.4) is 0 Å². The lowest BCUT2D eigenvalue weighted by Crippen LogP contribution is -2.44. The fraction of sp³-hybridized carbons (Fsp3) is 0.409. The van der Waals surface area contributed by atoms with Crippen molar-refractivity contribution < 1.29 is 18.8 Å². The van der Waals surface area contributed by atoms with Crippen LogP contribution in [-0.2, 0) is 4.79 Å². The summed E-state index contributed by atoms with van der Waals surface area (Å²) in [6.45, 7) is 0.381. The maximum absolute atomic E-state index is 13.0.